The van der Waals surface area contributed by atoms with E-state index >= 15 is 0 Å². The summed E-state index contributed by atoms with van der Waals surface area (Å²) in [5.74, 6) is -0.788. The van der Waals surface area contributed by atoms with Crippen LogP contribution < -0.4 is 0 Å². The monoisotopic (exact) mass is 335 g/mol. The first-order chi connectivity index (χ1) is 12.0. The van der Waals surface area contributed by atoms with Crippen LogP contribution in [0.15, 0.2) is 48.8 Å². The molecule has 0 atom stereocenters. The molecule has 2 heterocycles. The zero-order chi connectivity index (χ0) is 18.0. The fourth-order valence-electron chi connectivity index (χ4n) is 2.70. The largest absolute Gasteiger partial charge is 0.457 e. The highest BCUT2D eigenvalue weighted by Gasteiger charge is 2.24. The first-order valence-electron chi connectivity index (χ1n) is 7.42. The predicted octanol–water partition coefficient (Wildman–Crippen LogP) is 3.38. The zero-order valence-corrected chi connectivity index (χ0v) is 13.3. The molecule has 0 saturated heterocycles. The zero-order valence-electron chi connectivity index (χ0n) is 13.3. The van der Waals surface area contributed by atoms with Crippen LogP contribution in [0.25, 0.3) is 5.52 Å². The van der Waals surface area contributed by atoms with Crippen molar-refractivity contribution in [3.8, 4) is 6.07 Å². The smallest absolute Gasteiger partial charge is 0.345 e. The predicted molar refractivity (Wildman–Crippen MR) is 89.1 cm³/mol. The third kappa shape index (κ3) is 2.93. The maximum absolute atomic E-state index is 12.4. The number of aryl methyl sites for hydroxylation is 1. The van der Waals surface area contributed by atoms with Gasteiger partial charge in [-0.05, 0) is 24.6 Å². The molecule has 7 nitrogen and oxygen atoms in total. The van der Waals surface area contributed by atoms with Crippen LogP contribution in [0.2, 0.25) is 0 Å². The van der Waals surface area contributed by atoms with Crippen LogP contribution in [-0.2, 0) is 11.3 Å². The van der Waals surface area contributed by atoms with Gasteiger partial charge in [-0.25, -0.2) is 4.79 Å². The summed E-state index contributed by atoms with van der Waals surface area (Å²) in [7, 11) is 0. The number of rotatable bonds is 4. The van der Waals surface area contributed by atoms with Gasteiger partial charge in [0, 0.05) is 24.0 Å². The number of hydrogen-bond acceptors (Lipinski definition) is 5. The molecule has 0 fully saturated rings. The van der Waals surface area contributed by atoms with Gasteiger partial charge in [-0.2, -0.15) is 5.26 Å². The van der Waals surface area contributed by atoms with Crippen LogP contribution in [0.3, 0.4) is 0 Å². The van der Waals surface area contributed by atoms with Gasteiger partial charge in [0.05, 0.1) is 16.0 Å². The summed E-state index contributed by atoms with van der Waals surface area (Å²) >= 11 is 0. The van der Waals surface area contributed by atoms with Gasteiger partial charge in [0.1, 0.15) is 18.2 Å². The Labute approximate surface area is 142 Å². The fourth-order valence-corrected chi connectivity index (χ4v) is 2.70. The Kier molecular flexibility index (Phi) is 4.18. The number of aromatic nitrogens is 1. The topological polar surface area (TPSA) is 97.6 Å². The lowest BCUT2D eigenvalue weighted by Crippen LogP contribution is -2.10. The van der Waals surface area contributed by atoms with E-state index in [1.807, 2.05) is 12.1 Å². The van der Waals surface area contributed by atoms with E-state index in [9.17, 15) is 20.2 Å². The SMILES string of the molecule is Cc1cccc([N+](=O)[O-])c1C(=O)OCc1cn2ccccc2c1C#N. The van der Waals surface area contributed by atoms with E-state index in [0.29, 0.717) is 22.2 Å². The van der Waals surface area contributed by atoms with E-state index in [1.54, 1.807) is 35.9 Å². The Hall–Kier alpha value is -3.66. The highest BCUT2D eigenvalue weighted by Crippen LogP contribution is 2.24. The van der Waals surface area contributed by atoms with E-state index in [1.165, 1.54) is 12.1 Å². The number of nitrogens with zero attached hydrogens (tertiary/aromatic N) is 3. The Morgan fingerprint density at radius 2 is 2.12 bits per heavy atom. The van der Waals surface area contributed by atoms with Crippen molar-refractivity contribution in [3.05, 3.63) is 81.2 Å². The normalized spacial score (nSPS) is 10.4. The number of fused-ring (bicyclic) bond motifs is 1. The first-order valence-corrected chi connectivity index (χ1v) is 7.42. The summed E-state index contributed by atoms with van der Waals surface area (Å²) in [5.41, 5.74) is 1.74. The van der Waals surface area contributed by atoms with Gasteiger partial charge in [0.2, 0.25) is 0 Å². The van der Waals surface area contributed by atoms with Crippen molar-refractivity contribution in [2.45, 2.75) is 13.5 Å². The number of nitro groups is 1. The average molecular weight is 335 g/mol. The molecule has 0 N–H and O–H groups in total. The van der Waals surface area contributed by atoms with Crippen LogP contribution in [0.1, 0.15) is 27.0 Å². The third-order valence-electron chi connectivity index (χ3n) is 3.88. The second-order valence-corrected chi connectivity index (χ2v) is 5.44. The average Bonchev–Trinajstić information content (AvgIpc) is 2.96. The van der Waals surface area contributed by atoms with Gasteiger partial charge >= 0.3 is 5.97 Å². The second kappa shape index (κ2) is 6.45. The summed E-state index contributed by atoms with van der Waals surface area (Å²) in [6, 6.07) is 11.9. The second-order valence-electron chi connectivity index (χ2n) is 5.44. The van der Waals surface area contributed by atoms with Crippen molar-refractivity contribution in [2.75, 3.05) is 0 Å². The molecular weight excluding hydrogens is 322 g/mol. The summed E-state index contributed by atoms with van der Waals surface area (Å²) in [6.07, 6.45) is 3.49. The highest BCUT2D eigenvalue weighted by atomic mass is 16.6. The summed E-state index contributed by atoms with van der Waals surface area (Å²) in [5, 5.41) is 20.5. The van der Waals surface area contributed by atoms with Crippen LogP contribution in [0.5, 0.6) is 0 Å². The van der Waals surface area contributed by atoms with Gasteiger partial charge in [-0.3, -0.25) is 10.1 Å². The molecule has 3 aromatic rings. The van der Waals surface area contributed by atoms with Crippen LogP contribution in [0.4, 0.5) is 5.69 Å². The molecule has 0 aliphatic carbocycles. The van der Waals surface area contributed by atoms with Crippen molar-refractivity contribution in [3.63, 3.8) is 0 Å². The Balaban J connectivity index is 1.90. The van der Waals surface area contributed by atoms with Gasteiger partial charge in [0.25, 0.3) is 5.69 Å². The minimum atomic E-state index is -0.788. The van der Waals surface area contributed by atoms with E-state index in [4.69, 9.17) is 4.74 Å². The van der Waals surface area contributed by atoms with Gasteiger partial charge in [-0.15, -0.1) is 0 Å². The van der Waals surface area contributed by atoms with Crippen molar-refractivity contribution in [1.29, 1.82) is 5.26 Å². The maximum atomic E-state index is 12.4. The first kappa shape index (κ1) is 16.2. The number of nitriles is 1. The molecule has 0 bridgehead atoms. The lowest BCUT2D eigenvalue weighted by Gasteiger charge is -2.07. The molecule has 2 aromatic heterocycles. The fraction of sp³-hybridized carbons (Fsp3) is 0.111. The summed E-state index contributed by atoms with van der Waals surface area (Å²) < 4.78 is 7.01. The number of ether oxygens (including phenoxy) is 1. The van der Waals surface area contributed by atoms with Gasteiger partial charge < -0.3 is 9.14 Å². The summed E-state index contributed by atoms with van der Waals surface area (Å²) in [4.78, 5) is 22.9. The number of carbonyl (C=O) groups excluding carboxylic acids is 1. The molecule has 0 radical (unpaired) electrons. The number of benzene rings is 1. The Bertz CT molecular complexity index is 1030. The van der Waals surface area contributed by atoms with Crippen LogP contribution in [0, 0.1) is 28.4 Å². The molecule has 25 heavy (non-hydrogen) atoms. The minimum Gasteiger partial charge on any atom is -0.457 e. The van der Waals surface area contributed by atoms with Gasteiger partial charge in [0.15, 0.2) is 0 Å². The number of nitro benzene ring substituents is 1. The molecule has 1 aromatic carbocycles. The molecular formula is C18H13N3O4. The molecule has 3 rings (SSSR count). The van der Waals surface area contributed by atoms with E-state index < -0.39 is 10.9 Å². The standard InChI is InChI=1S/C18H13N3O4/c1-12-5-4-7-16(21(23)24)17(12)18(22)25-11-13-10-20-8-3-2-6-15(20)14(13)9-19/h2-8,10H,11H2,1H3. The molecule has 0 amide bonds. The Morgan fingerprint density at radius 3 is 2.84 bits per heavy atom. The maximum Gasteiger partial charge on any atom is 0.345 e. The van der Waals surface area contributed by atoms with E-state index in [2.05, 4.69) is 6.07 Å². The van der Waals surface area contributed by atoms with Crippen molar-refractivity contribution in [2.24, 2.45) is 0 Å². The minimum absolute atomic E-state index is 0.0743. The number of hydrogen-bond donors (Lipinski definition) is 0. The molecule has 0 aliphatic heterocycles. The van der Waals surface area contributed by atoms with Crippen molar-refractivity contribution < 1.29 is 14.5 Å². The summed E-state index contributed by atoms with van der Waals surface area (Å²) in [6.45, 7) is 1.46. The quantitative estimate of drug-likeness (QED) is 0.413. The molecule has 0 spiro atoms. The highest BCUT2D eigenvalue weighted by molar-refractivity contribution is 5.95. The molecule has 7 heteroatoms. The third-order valence-corrected chi connectivity index (χ3v) is 3.88. The molecule has 124 valence electrons. The number of pyridine rings is 1. The lowest BCUT2D eigenvalue weighted by atomic mass is 10.1. The van der Waals surface area contributed by atoms with E-state index in [-0.39, 0.29) is 17.9 Å². The van der Waals surface area contributed by atoms with Crippen molar-refractivity contribution >= 4 is 17.2 Å². The van der Waals surface area contributed by atoms with Crippen molar-refractivity contribution in [1.82, 2.24) is 4.40 Å². The number of esters is 1. The van der Waals surface area contributed by atoms with Crippen LogP contribution in [-0.4, -0.2) is 15.3 Å². The number of carbonyl (C=O) groups is 1. The van der Waals surface area contributed by atoms with Crippen LogP contribution >= 0.6 is 0 Å². The molecule has 0 saturated carbocycles. The molecule has 0 unspecified atom stereocenters. The lowest BCUT2D eigenvalue weighted by molar-refractivity contribution is -0.385. The molecule has 0 aliphatic rings. The van der Waals surface area contributed by atoms with Gasteiger partial charge in [-0.1, -0.05) is 18.2 Å². The van der Waals surface area contributed by atoms with E-state index in [0.717, 1.165) is 0 Å². The Morgan fingerprint density at radius 1 is 1.32 bits per heavy atom.